The fourth-order valence-electron chi connectivity index (χ4n) is 2.83. The number of anilines is 1. The number of hydrogen-bond donors (Lipinski definition) is 2. The number of carbonyl (C=O) groups is 2. The van der Waals surface area contributed by atoms with Crippen molar-refractivity contribution in [1.29, 1.82) is 0 Å². The Kier molecular flexibility index (Phi) is 6.25. The van der Waals surface area contributed by atoms with Crippen LogP contribution in [0.25, 0.3) is 0 Å². The van der Waals surface area contributed by atoms with Gasteiger partial charge in [0.05, 0.1) is 7.11 Å². The van der Waals surface area contributed by atoms with Gasteiger partial charge in [0.1, 0.15) is 5.75 Å². The summed E-state index contributed by atoms with van der Waals surface area (Å²) in [6, 6.07) is 6.93. The molecule has 5 nitrogen and oxygen atoms in total. The molecule has 0 heterocycles. The zero-order valence-corrected chi connectivity index (χ0v) is 13.1. The molecule has 0 saturated heterocycles. The van der Waals surface area contributed by atoms with Gasteiger partial charge in [-0.2, -0.15) is 0 Å². The maximum atomic E-state index is 11.8. The largest absolute Gasteiger partial charge is 0.497 e. The van der Waals surface area contributed by atoms with Crippen LogP contribution < -0.4 is 15.4 Å². The fourth-order valence-corrected chi connectivity index (χ4v) is 2.83. The van der Waals surface area contributed by atoms with Crippen LogP contribution in [-0.2, 0) is 9.59 Å². The van der Waals surface area contributed by atoms with E-state index in [1.807, 2.05) is 0 Å². The smallest absolute Gasteiger partial charge is 0.313 e. The Morgan fingerprint density at radius 3 is 2.68 bits per heavy atom. The molecule has 0 aliphatic heterocycles. The predicted molar refractivity (Wildman–Crippen MR) is 85.8 cm³/mol. The predicted octanol–water partition coefficient (Wildman–Crippen LogP) is 2.72. The lowest BCUT2D eigenvalue weighted by molar-refractivity contribution is -0.136. The summed E-state index contributed by atoms with van der Waals surface area (Å²) in [5, 5.41) is 5.27. The third-order valence-electron chi connectivity index (χ3n) is 4.10. The summed E-state index contributed by atoms with van der Waals surface area (Å²) in [6.07, 6.45) is 7.34. The minimum atomic E-state index is -0.642. The van der Waals surface area contributed by atoms with Crippen LogP contribution in [0.1, 0.15) is 38.5 Å². The lowest BCUT2D eigenvalue weighted by Crippen LogP contribution is -2.36. The maximum Gasteiger partial charge on any atom is 0.313 e. The Morgan fingerprint density at radius 1 is 1.18 bits per heavy atom. The summed E-state index contributed by atoms with van der Waals surface area (Å²) in [5.74, 6) is 0.0986. The zero-order chi connectivity index (χ0) is 15.8. The first-order chi connectivity index (χ1) is 10.7. The van der Waals surface area contributed by atoms with E-state index in [9.17, 15) is 9.59 Å². The van der Waals surface area contributed by atoms with Crippen molar-refractivity contribution in [1.82, 2.24) is 5.32 Å². The van der Waals surface area contributed by atoms with Crippen molar-refractivity contribution in [2.24, 2.45) is 5.92 Å². The van der Waals surface area contributed by atoms with E-state index < -0.39 is 11.8 Å². The van der Waals surface area contributed by atoms with Crippen molar-refractivity contribution in [2.45, 2.75) is 38.5 Å². The fraction of sp³-hybridized carbons (Fsp3) is 0.529. The first-order valence-electron chi connectivity index (χ1n) is 7.92. The van der Waals surface area contributed by atoms with Gasteiger partial charge in [-0.3, -0.25) is 9.59 Å². The molecule has 1 aromatic rings. The highest BCUT2D eigenvalue weighted by molar-refractivity contribution is 6.39. The summed E-state index contributed by atoms with van der Waals surface area (Å²) in [6.45, 7) is 0.565. The van der Waals surface area contributed by atoms with Crippen molar-refractivity contribution in [3.63, 3.8) is 0 Å². The second-order valence-electron chi connectivity index (χ2n) is 5.73. The first-order valence-corrected chi connectivity index (χ1v) is 7.92. The van der Waals surface area contributed by atoms with Crippen molar-refractivity contribution >= 4 is 17.5 Å². The lowest BCUT2D eigenvalue weighted by atomic mass is 9.87. The molecular weight excluding hydrogens is 280 g/mol. The molecule has 2 rings (SSSR count). The van der Waals surface area contributed by atoms with Crippen LogP contribution in [0.2, 0.25) is 0 Å². The topological polar surface area (TPSA) is 67.4 Å². The third-order valence-corrected chi connectivity index (χ3v) is 4.10. The highest BCUT2D eigenvalue weighted by Crippen LogP contribution is 2.25. The molecule has 0 bridgehead atoms. The minimum absolute atomic E-state index is 0.548. The summed E-state index contributed by atoms with van der Waals surface area (Å²) >= 11 is 0. The van der Waals surface area contributed by atoms with Crippen LogP contribution in [0.3, 0.4) is 0 Å². The number of methoxy groups -OCH3 is 1. The van der Waals surface area contributed by atoms with E-state index in [0.717, 1.165) is 6.42 Å². The molecule has 1 aliphatic carbocycles. The van der Waals surface area contributed by atoms with Crippen LogP contribution in [0.4, 0.5) is 5.69 Å². The van der Waals surface area contributed by atoms with Crippen LogP contribution in [-0.4, -0.2) is 25.5 Å². The lowest BCUT2D eigenvalue weighted by Gasteiger charge is -2.21. The SMILES string of the molecule is COc1cccc(NC(=O)C(=O)NCCC2CCCCC2)c1. The molecule has 0 spiro atoms. The number of hydrogen-bond acceptors (Lipinski definition) is 3. The summed E-state index contributed by atoms with van der Waals surface area (Å²) < 4.78 is 5.08. The van der Waals surface area contributed by atoms with E-state index in [1.165, 1.54) is 32.1 Å². The Labute approximate surface area is 131 Å². The van der Waals surface area contributed by atoms with Crippen molar-refractivity contribution < 1.29 is 14.3 Å². The van der Waals surface area contributed by atoms with Crippen LogP contribution in [0, 0.1) is 5.92 Å². The number of ether oxygens (including phenoxy) is 1. The molecule has 120 valence electrons. The van der Waals surface area contributed by atoms with Gasteiger partial charge in [0.25, 0.3) is 0 Å². The van der Waals surface area contributed by atoms with Crippen LogP contribution in [0.5, 0.6) is 5.75 Å². The molecule has 5 heteroatoms. The minimum Gasteiger partial charge on any atom is -0.497 e. The Morgan fingerprint density at radius 2 is 1.95 bits per heavy atom. The monoisotopic (exact) mass is 304 g/mol. The summed E-state index contributed by atoms with van der Waals surface area (Å²) in [7, 11) is 1.55. The van der Waals surface area contributed by atoms with Gasteiger partial charge in [0.15, 0.2) is 0 Å². The van der Waals surface area contributed by atoms with Gasteiger partial charge in [-0.05, 0) is 24.5 Å². The van der Waals surface area contributed by atoms with Crippen LogP contribution in [0.15, 0.2) is 24.3 Å². The average Bonchev–Trinajstić information content (AvgIpc) is 2.56. The molecule has 1 saturated carbocycles. The molecule has 1 aliphatic rings. The Balaban J connectivity index is 1.73. The molecule has 0 aromatic heterocycles. The molecule has 0 radical (unpaired) electrons. The standard InChI is InChI=1S/C17H24N2O3/c1-22-15-9-5-8-14(12-15)19-17(21)16(20)18-11-10-13-6-3-2-4-7-13/h5,8-9,12-13H,2-4,6-7,10-11H2,1H3,(H,18,20)(H,19,21). The van der Waals surface area contributed by atoms with E-state index in [0.29, 0.717) is 23.9 Å². The van der Waals surface area contributed by atoms with Crippen molar-refractivity contribution in [2.75, 3.05) is 19.0 Å². The molecule has 2 amide bonds. The van der Waals surface area contributed by atoms with Crippen molar-refractivity contribution in [3.05, 3.63) is 24.3 Å². The third kappa shape index (κ3) is 5.06. The molecule has 0 unspecified atom stereocenters. The van der Waals surface area contributed by atoms with Gasteiger partial charge >= 0.3 is 11.8 Å². The van der Waals surface area contributed by atoms with Gasteiger partial charge in [-0.15, -0.1) is 0 Å². The first kappa shape index (κ1) is 16.3. The van der Waals surface area contributed by atoms with Crippen LogP contribution >= 0.6 is 0 Å². The number of benzene rings is 1. The molecule has 0 atom stereocenters. The number of nitrogens with one attached hydrogen (secondary N) is 2. The Bertz CT molecular complexity index is 510. The molecule has 1 fully saturated rings. The van der Waals surface area contributed by atoms with Gasteiger partial charge in [-0.1, -0.05) is 38.2 Å². The van der Waals surface area contributed by atoms with E-state index in [1.54, 1.807) is 31.4 Å². The molecule has 1 aromatic carbocycles. The van der Waals surface area contributed by atoms with Gasteiger partial charge in [0.2, 0.25) is 0 Å². The summed E-state index contributed by atoms with van der Waals surface area (Å²) in [5.41, 5.74) is 0.548. The van der Waals surface area contributed by atoms with E-state index in [-0.39, 0.29) is 0 Å². The second kappa shape index (κ2) is 8.41. The summed E-state index contributed by atoms with van der Waals surface area (Å²) in [4.78, 5) is 23.6. The molecular formula is C17H24N2O3. The highest BCUT2D eigenvalue weighted by Gasteiger charge is 2.16. The van der Waals surface area contributed by atoms with Gasteiger partial charge < -0.3 is 15.4 Å². The highest BCUT2D eigenvalue weighted by atomic mass is 16.5. The zero-order valence-electron chi connectivity index (χ0n) is 13.1. The number of rotatable bonds is 5. The quantitative estimate of drug-likeness (QED) is 0.822. The van der Waals surface area contributed by atoms with Gasteiger partial charge in [-0.25, -0.2) is 0 Å². The normalized spacial score (nSPS) is 15.1. The average molecular weight is 304 g/mol. The van der Waals surface area contributed by atoms with E-state index >= 15 is 0 Å². The Hall–Kier alpha value is -2.04. The number of carbonyl (C=O) groups excluding carboxylic acids is 2. The molecule has 2 N–H and O–H groups in total. The van der Waals surface area contributed by atoms with Gasteiger partial charge in [0, 0.05) is 18.3 Å². The van der Waals surface area contributed by atoms with E-state index in [2.05, 4.69) is 10.6 Å². The second-order valence-corrected chi connectivity index (χ2v) is 5.73. The molecule has 22 heavy (non-hydrogen) atoms. The number of amides is 2. The van der Waals surface area contributed by atoms with Crippen molar-refractivity contribution in [3.8, 4) is 5.75 Å². The van der Waals surface area contributed by atoms with E-state index in [4.69, 9.17) is 4.74 Å². The maximum absolute atomic E-state index is 11.8.